The minimum Gasteiger partial charge on any atom is -0.374 e. The first-order valence-electron chi connectivity index (χ1n) is 6.33. The number of nitrogens with one attached hydrogen (secondary N) is 2. The standard InChI is InChI=1S/C12H19N5O2/c1-13-7-10-8-17(5-6-19-10)9-11(18)16-12-14-3-2-4-15-12/h2-4,10,13H,5-9H2,1H3,(H,14,15,16,18). The molecule has 2 rings (SSSR count). The zero-order chi connectivity index (χ0) is 13.5. The average Bonchev–Trinajstić information content (AvgIpc) is 2.40. The highest BCUT2D eigenvalue weighted by atomic mass is 16.5. The van der Waals surface area contributed by atoms with E-state index in [9.17, 15) is 4.79 Å². The van der Waals surface area contributed by atoms with Gasteiger partial charge in [0.15, 0.2) is 0 Å². The van der Waals surface area contributed by atoms with E-state index < -0.39 is 0 Å². The first-order chi connectivity index (χ1) is 9.28. The maximum absolute atomic E-state index is 11.9. The highest BCUT2D eigenvalue weighted by Crippen LogP contribution is 2.04. The van der Waals surface area contributed by atoms with Crippen LogP contribution in [0.4, 0.5) is 5.95 Å². The van der Waals surface area contributed by atoms with Crippen LogP contribution in [-0.2, 0) is 9.53 Å². The first kappa shape index (κ1) is 13.9. The van der Waals surface area contributed by atoms with Crippen molar-refractivity contribution in [2.24, 2.45) is 0 Å². The second kappa shape index (κ2) is 7.13. The average molecular weight is 265 g/mol. The molecule has 0 spiro atoms. The topological polar surface area (TPSA) is 79.4 Å². The van der Waals surface area contributed by atoms with Gasteiger partial charge in [0.1, 0.15) is 0 Å². The normalized spacial score (nSPS) is 20.2. The lowest BCUT2D eigenvalue weighted by molar-refractivity contribution is -0.119. The van der Waals surface area contributed by atoms with Gasteiger partial charge in [0.2, 0.25) is 11.9 Å². The summed E-state index contributed by atoms with van der Waals surface area (Å²) < 4.78 is 5.59. The second-order valence-corrected chi connectivity index (χ2v) is 4.41. The Kier molecular flexibility index (Phi) is 5.20. The Labute approximate surface area is 112 Å². The summed E-state index contributed by atoms with van der Waals surface area (Å²) in [7, 11) is 1.89. The van der Waals surface area contributed by atoms with Gasteiger partial charge in [0.05, 0.1) is 19.3 Å². The summed E-state index contributed by atoms with van der Waals surface area (Å²) in [6.07, 6.45) is 3.33. The summed E-state index contributed by atoms with van der Waals surface area (Å²) in [6, 6.07) is 1.71. The first-order valence-corrected chi connectivity index (χ1v) is 6.33. The molecule has 1 aromatic rings. The van der Waals surface area contributed by atoms with E-state index in [1.807, 2.05) is 7.05 Å². The number of ether oxygens (including phenoxy) is 1. The van der Waals surface area contributed by atoms with Crippen LogP contribution in [0.15, 0.2) is 18.5 Å². The number of carbonyl (C=O) groups is 1. The minimum atomic E-state index is -0.101. The summed E-state index contributed by atoms with van der Waals surface area (Å²) in [5.74, 6) is 0.240. The summed E-state index contributed by atoms with van der Waals surface area (Å²) >= 11 is 0. The summed E-state index contributed by atoms with van der Waals surface area (Å²) in [5, 5.41) is 5.76. The SMILES string of the molecule is CNCC1CN(CC(=O)Nc2ncccn2)CCO1. The zero-order valence-electron chi connectivity index (χ0n) is 11.0. The van der Waals surface area contributed by atoms with Gasteiger partial charge in [0.25, 0.3) is 0 Å². The van der Waals surface area contributed by atoms with E-state index in [4.69, 9.17) is 4.74 Å². The lowest BCUT2D eigenvalue weighted by Gasteiger charge is -2.32. The monoisotopic (exact) mass is 265 g/mol. The molecule has 7 heteroatoms. The molecule has 19 heavy (non-hydrogen) atoms. The van der Waals surface area contributed by atoms with Gasteiger partial charge in [-0.05, 0) is 13.1 Å². The highest BCUT2D eigenvalue weighted by molar-refractivity contribution is 5.90. The van der Waals surface area contributed by atoms with Gasteiger partial charge in [0, 0.05) is 32.0 Å². The van der Waals surface area contributed by atoms with Gasteiger partial charge in [-0.3, -0.25) is 15.0 Å². The van der Waals surface area contributed by atoms with Crippen molar-refractivity contribution in [3.63, 3.8) is 0 Å². The van der Waals surface area contributed by atoms with Crippen LogP contribution >= 0.6 is 0 Å². The number of nitrogens with zero attached hydrogens (tertiary/aromatic N) is 3. The molecule has 1 atom stereocenters. The van der Waals surface area contributed by atoms with Crippen LogP contribution in [0.1, 0.15) is 0 Å². The zero-order valence-corrected chi connectivity index (χ0v) is 11.0. The third-order valence-electron chi connectivity index (χ3n) is 2.84. The van der Waals surface area contributed by atoms with Crippen molar-refractivity contribution in [1.29, 1.82) is 0 Å². The molecular weight excluding hydrogens is 246 g/mol. The Morgan fingerprint density at radius 3 is 3.05 bits per heavy atom. The van der Waals surface area contributed by atoms with Crippen LogP contribution in [0.2, 0.25) is 0 Å². The van der Waals surface area contributed by atoms with E-state index in [0.717, 1.165) is 19.6 Å². The Balaban J connectivity index is 1.78. The molecule has 1 aliphatic heterocycles. The Hall–Kier alpha value is -1.57. The van der Waals surface area contributed by atoms with Crippen molar-refractivity contribution in [3.05, 3.63) is 18.5 Å². The summed E-state index contributed by atoms with van der Waals surface area (Å²) in [6.45, 7) is 3.30. The van der Waals surface area contributed by atoms with Crippen molar-refractivity contribution in [3.8, 4) is 0 Å². The predicted molar refractivity (Wildman–Crippen MR) is 70.8 cm³/mol. The molecule has 104 valence electrons. The lowest BCUT2D eigenvalue weighted by Crippen LogP contribution is -2.48. The van der Waals surface area contributed by atoms with Gasteiger partial charge in [-0.1, -0.05) is 0 Å². The molecular formula is C12H19N5O2. The number of hydrogen-bond acceptors (Lipinski definition) is 6. The van der Waals surface area contributed by atoms with Crippen molar-refractivity contribution in [2.45, 2.75) is 6.10 Å². The molecule has 2 heterocycles. The summed E-state index contributed by atoms with van der Waals surface area (Å²) in [5.41, 5.74) is 0. The predicted octanol–water partition coefficient (Wildman–Crippen LogP) is -0.665. The number of morpholine rings is 1. The van der Waals surface area contributed by atoms with E-state index in [2.05, 4.69) is 25.5 Å². The molecule has 2 N–H and O–H groups in total. The molecule has 0 radical (unpaired) electrons. The number of rotatable bonds is 5. The van der Waals surface area contributed by atoms with Crippen LogP contribution in [-0.4, -0.2) is 66.7 Å². The van der Waals surface area contributed by atoms with Gasteiger partial charge < -0.3 is 10.1 Å². The van der Waals surface area contributed by atoms with Gasteiger partial charge in [-0.2, -0.15) is 0 Å². The number of anilines is 1. The van der Waals surface area contributed by atoms with Gasteiger partial charge in [-0.25, -0.2) is 9.97 Å². The second-order valence-electron chi connectivity index (χ2n) is 4.41. The van der Waals surface area contributed by atoms with Crippen molar-refractivity contribution < 1.29 is 9.53 Å². The summed E-state index contributed by atoms with van der Waals surface area (Å²) in [4.78, 5) is 21.8. The molecule has 7 nitrogen and oxygen atoms in total. The molecule has 1 amide bonds. The largest absolute Gasteiger partial charge is 0.374 e. The molecule has 0 saturated carbocycles. The van der Waals surface area contributed by atoms with Crippen LogP contribution in [0.5, 0.6) is 0 Å². The number of carbonyl (C=O) groups excluding carboxylic acids is 1. The van der Waals surface area contributed by atoms with E-state index in [0.29, 0.717) is 19.1 Å². The maximum atomic E-state index is 11.9. The van der Waals surface area contributed by atoms with Crippen LogP contribution < -0.4 is 10.6 Å². The third kappa shape index (κ3) is 4.55. The van der Waals surface area contributed by atoms with E-state index in [-0.39, 0.29) is 12.0 Å². The van der Waals surface area contributed by atoms with Gasteiger partial charge in [-0.15, -0.1) is 0 Å². The van der Waals surface area contributed by atoms with E-state index in [1.165, 1.54) is 0 Å². The number of amides is 1. The Bertz CT molecular complexity index is 398. The molecule has 1 unspecified atom stereocenters. The van der Waals surface area contributed by atoms with E-state index >= 15 is 0 Å². The molecule has 1 aliphatic rings. The van der Waals surface area contributed by atoms with Crippen LogP contribution in [0.25, 0.3) is 0 Å². The molecule has 0 aromatic carbocycles. The Morgan fingerprint density at radius 1 is 1.53 bits per heavy atom. The quantitative estimate of drug-likeness (QED) is 0.735. The fraction of sp³-hybridized carbons (Fsp3) is 0.583. The molecule has 1 saturated heterocycles. The third-order valence-corrected chi connectivity index (χ3v) is 2.84. The van der Waals surface area contributed by atoms with Crippen LogP contribution in [0.3, 0.4) is 0 Å². The maximum Gasteiger partial charge on any atom is 0.240 e. The molecule has 1 fully saturated rings. The van der Waals surface area contributed by atoms with Crippen molar-refractivity contribution >= 4 is 11.9 Å². The molecule has 1 aromatic heterocycles. The van der Waals surface area contributed by atoms with E-state index in [1.54, 1.807) is 18.5 Å². The van der Waals surface area contributed by atoms with Crippen LogP contribution in [0, 0.1) is 0 Å². The lowest BCUT2D eigenvalue weighted by atomic mass is 10.2. The fourth-order valence-electron chi connectivity index (χ4n) is 2.01. The van der Waals surface area contributed by atoms with Crippen molar-refractivity contribution in [1.82, 2.24) is 20.2 Å². The molecule has 0 aliphatic carbocycles. The van der Waals surface area contributed by atoms with Gasteiger partial charge >= 0.3 is 0 Å². The number of aromatic nitrogens is 2. The highest BCUT2D eigenvalue weighted by Gasteiger charge is 2.21. The fourth-order valence-corrected chi connectivity index (χ4v) is 2.01. The Morgan fingerprint density at radius 2 is 2.32 bits per heavy atom. The van der Waals surface area contributed by atoms with Crippen molar-refractivity contribution in [2.75, 3.05) is 45.2 Å². The number of likely N-dealkylation sites (N-methyl/N-ethyl adjacent to an activating group) is 1. The molecule has 0 bridgehead atoms. The minimum absolute atomic E-state index is 0.101. The number of hydrogen-bond donors (Lipinski definition) is 2. The smallest absolute Gasteiger partial charge is 0.240 e.